The van der Waals surface area contributed by atoms with Gasteiger partial charge in [-0.1, -0.05) is 6.92 Å². The van der Waals surface area contributed by atoms with Gasteiger partial charge in [0.15, 0.2) is 0 Å². The third kappa shape index (κ3) is 5.70. The van der Waals surface area contributed by atoms with Crippen LogP contribution in [0.5, 0.6) is 0 Å². The fourth-order valence-corrected chi connectivity index (χ4v) is 1.18. The lowest BCUT2D eigenvalue weighted by molar-refractivity contribution is -0.129. The molecule has 0 saturated carbocycles. The number of likely N-dealkylation sites (N-methyl/N-ethyl adjacent to an activating group) is 1. The summed E-state index contributed by atoms with van der Waals surface area (Å²) in [6, 6.07) is -0.754. The summed E-state index contributed by atoms with van der Waals surface area (Å²) in [7, 11) is 0. The molecule has 0 fully saturated rings. The van der Waals surface area contributed by atoms with Gasteiger partial charge in [-0.2, -0.15) is 0 Å². The molecule has 0 aliphatic rings. The first-order valence-electron chi connectivity index (χ1n) is 5.84. The SMILES string of the molecule is CCCN[C@@H](C)C(=O)N[C@@H](C)C(=O)NCC. The number of amides is 2. The van der Waals surface area contributed by atoms with Crippen LogP contribution in [0, 0.1) is 0 Å². The van der Waals surface area contributed by atoms with Gasteiger partial charge in [-0.15, -0.1) is 0 Å². The Labute approximate surface area is 97.4 Å². The van der Waals surface area contributed by atoms with Crippen LogP contribution < -0.4 is 16.0 Å². The summed E-state index contributed by atoms with van der Waals surface area (Å²) in [6.07, 6.45) is 0.976. The fourth-order valence-electron chi connectivity index (χ4n) is 1.18. The number of carbonyl (C=O) groups is 2. The molecule has 0 bridgehead atoms. The molecular formula is C11H23N3O2. The Kier molecular flexibility index (Phi) is 7.54. The summed E-state index contributed by atoms with van der Waals surface area (Å²) >= 11 is 0. The van der Waals surface area contributed by atoms with Crippen LogP contribution in [0.1, 0.15) is 34.1 Å². The van der Waals surface area contributed by atoms with E-state index in [4.69, 9.17) is 0 Å². The van der Waals surface area contributed by atoms with Gasteiger partial charge < -0.3 is 16.0 Å². The minimum absolute atomic E-state index is 0.146. The summed E-state index contributed by atoms with van der Waals surface area (Å²) in [5, 5.41) is 8.38. The van der Waals surface area contributed by atoms with Gasteiger partial charge in [0.1, 0.15) is 6.04 Å². The normalized spacial score (nSPS) is 14.0. The van der Waals surface area contributed by atoms with Gasteiger partial charge in [0.05, 0.1) is 6.04 Å². The molecule has 0 aromatic carbocycles. The zero-order valence-corrected chi connectivity index (χ0v) is 10.6. The Morgan fingerprint density at radius 2 is 1.69 bits per heavy atom. The topological polar surface area (TPSA) is 70.2 Å². The average molecular weight is 229 g/mol. The molecule has 0 aromatic heterocycles. The molecule has 0 unspecified atom stereocenters. The molecule has 0 aliphatic carbocycles. The van der Waals surface area contributed by atoms with Crippen molar-refractivity contribution in [2.24, 2.45) is 0 Å². The monoisotopic (exact) mass is 229 g/mol. The van der Waals surface area contributed by atoms with Gasteiger partial charge in [0.25, 0.3) is 0 Å². The van der Waals surface area contributed by atoms with Crippen molar-refractivity contribution in [2.45, 2.75) is 46.2 Å². The van der Waals surface area contributed by atoms with E-state index in [2.05, 4.69) is 16.0 Å². The van der Waals surface area contributed by atoms with Crippen LogP contribution in [0.25, 0.3) is 0 Å². The molecule has 0 aliphatic heterocycles. The number of carbonyl (C=O) groups excluding carboxylic acids is 2. The molecule has 0 spiro atoms. The lowest BCUT2D eigenvalue weighted by Gasteiger charge is -2.17. The van der Waals surface area contributed by atoms with E-state index >= 15 is 0 Å². The Morgan fingerprint density at radius 3 is 2.19 bits per heavy atom. The molecule has 2 atom stereocenters. The predicted molar refractivity (Wildman–Crippen MR) is 64.0 cm³/mol. The molecule has 94 valence electrons. The maximum Gasteiger partial charge on any atom is 0.242 e. The van der Waals surface area contributed by atoms with Crippen molar-refractivity contribution in [1.82, 2.24) is 16.0 Å². The van der Waals surface area contributed by atoms with Crippen molar-refractivity contribution in [3.63, 3.8) is 0 Å². The van der Waals surface area contributed by atoms with E-state index in [1.807, 2.05) is 13.8 Å². The van der Waals surface area contributed by atoms with Crippen molar-refractivity contribution in [3.05, 3.63) is 0 Å². The van der Waals surface area contributed by atoms with E-state index in [9.17, 15) is 9.59 Å². The molecule has 3 N–H and O–H groups in total. The Bertz CT molecular complexity index is 231. The Hall–Kier alpha value is -1.10. The van der Waals surface area contributed by atoms with E-state index in [1.165, 1.54) is 0 Å². The standard InChI is InChI=1S/C11H23N3O2/c1-5-7-13-8(3)11(16)14-9(4)10(15)12-6-2/h8-9,13H,5-7H2,1-4H3,(H,12,15)(H,14,16)/t8-,9-/m0/s1. The summed E-state index contributed by atoms with van der Waals surface area (Å²) in [5.41, 5.74) is 0. The van der Waals surface area contributed by atoms with Crippen molar-refractivity contribution >= 4 is 11.8 Å². The first-order valence-corrected chi connectivity index (χ1v) is 5.84. The molecule has 0 saturated heterocycles. The van der Waals surface area contributed by atoms with Crippen molar-refractivity contribution in [2.75, 3.05) is 13.1 Å². The van der Waals surface area contributed by atoms with Gasteiger partial charge in [-0.3, -0.25) is 9.59 Å². The van der Waals surface area contributed by atoms with Crippen LogP contribution in [-0.4, -0.2) is 37.0 Å². The van der Waals surface area contributed by atoms with E-state index in [0.29, 0.717) is 6.54 Å². The molecular weight excluding hydrogens is 206 g/mol. The van der Waals surface area contributed by atoms with Crippen molar-refractivity contribution in [1.29, 1.82) is 0 Å². The second-order valence-corrected chi connectivity index (χ2v) is 3.80. The van der Waals surface area contributed by atoms with Crippen LogP contribution in [0.4, 0.5) is 0 Å². The number of nitrogens with one attached hydrogen (secondary N) is 3. The highest BCUT2D eigenvalue weighted by Crippen LogP contribution is 1.87. The molecule has 5 nitrogen and oxygen atoms in total. The summed E-state index contributed by atoms with van der Waals surface area (Å²) in [5.74, 6) is -0.300. The highest BCUT2D eigenvalue weighted by molar-refractivity contribution is 5.89. The Morgan fingerprint density at radius 1 is 1.06 bits per heavy atom. The van der Waals surface area contributed by atoms with Gasteiger partial charge in [0, 0.05) is 6.54 Å². The van der Waals surface area contributed by atoms with Crippen molar-refractivity contribution in [3.8, 4) is 0 Å². The first-order chi connectivity index (χ1) is 7.52. The smallest absolute Gasteiger partial charge is 0.242 e. The third-order valence-electron chi connectivity index (χ3n) is 2.20. The van der Waals surface area contributed by atoms with Crippen LogP contribution in [0.2, 0.25) is 0 Å². The number of hydrogen-bond acceptors (Lipinski definition) is 3. The zero-order chi connectivity index (χ0) is 12.6. The highest BCUT2D eigenvalue weighted by Gasteiger charge is 2.18. The van der Waals surface area contributed by atoms with Crippen LogP contribution in [-0.2, 0) is 9.59 Å². The molecule has 2 amide bonds. The molecule has 16 heavy (non-hydrogen) atoms. The second kappa shape index (κ2) is 8.10. The summed E-state index contributed by atoms with van der Waals surface area (Å²) < 4.78 is 0. The summed E-state index contributed by atoms with van der Waals surface area (Å²) in [6.45, 7) is 8.71. The van der Waals surface area contributed by atoms with Gasteiger partial charge in [-0.05, 0) is 33.7 Å². The predicted octanol–water partition coefficient (Wildman–Crippen LogP) is 0.0153. The molecule has 5 heteroatoms. The first kappa shape index (κ1) is 14.9. The van der Waals surface area contributed by atoms with Crippen LogP contribution in [0.15, 0.2) is 0 Å². The Balaban J connectivity index is 3.97. The van der Waals surface area contributed by atoms with Crippen molar-refractivity contribution < 1.29 is 9.59 Å². The lowest BCUT2D eigenvalue weighted by atomic mass is 10.2. The maximum atomic E-state index is 11.6. The minimum atomic E-state index is -0.488. The highest BCUT2D eigenvalue weighted by atomic mass is 16.2. The van der Waals surface area contributed by atoms with Gasteiger partial charge in [0.2, 0.25) is 11.8 Å². The van der Waals surface area contributed by atoms with Crippen LogP contribution >= 0.6 is 0 Å². The quantitative estimate of drug-likeness (QED) is 0.576. The maximum absolute atomic E-state index is 11.6. The second-order valence-electron chi connectivity index (χ2n) is 3.80. The minimum Gasteiger partial charge on any atom is -0.355 e. The lowest BCUT2D eigenvalue weighted by Crippen LogP contribution is -2.50. The van der Waals surface area contributed by atoms with E-state index in [-0.39, 0.29) is 17.9 Å². The molecule has 0 heterocycles. The van der Waals surface area contributed by atoms with Gasteiger partial charge in [-0.25, -0.2) is 0 Å². The largest absolute Gasteiger partial charge is 0.355 e. The zero-order valence-electron chi connectivity index (χ0n) is 10.6. The molecule has 0 aromatic rings. The van der Waals surface area contributed by atoms with Gasteiger partial charge >= 0.3 is 0 Å². The van der Waals surface area contributed by atoms with E-state index in [1.54, 1.807) is 13.8 Å². The summed E-state index contributed by atoms with van der Waals surface area (Å²) in [4.78, 5) is 23.0. The van der Waals surface area contributed by atoms with E-state index in [0.717, 1.165) is 13.0 Å². The van der Waals surface area contributed by atoms with E-state index < -0.39 is 6.04 Å². The number of hydrogen-bond donors (Lipinski definition) is 3. The fraction of sp³-hybridized carbons (Fsp3) is 0.818. The third-order valence-corrected chi connectivity index (χ3v) is 2.20. The van der Waals surface area contributed by atoms with Crippen LogP contribution in [0.3, 0.4) is 0 Å². The molecule has 0 radical (unpaired) electrons. The average Bonchev–Trinajstić information content (AvgIpc) is 2.25. The number of rotatable bonds is 7. The molecule has 0 rings (SSSR count).